The van der Waals surface area contributed by atoms with Crippen molar-refractivity contribution < 1.29 is 8.42 Å². The van der Waals surface area contributed by atoms with Crippen molar-refractivity contribution in [3.8, 4) is 0 Å². The number of rotatable bonds is 4. The fraction of sp³-hybridized carbons (Fsp3) is 0.333. The Hall–Kier alpha value is -1.69. The summed E-state index contributed by atoms with van der Waals surface area (Å²) in [6, 6.07) is 14.7. The molecule has 1 aliphatic carbocycles. The van der Waals surface area contributed by atoms with Crippen LogP contribution in [0, 0.1) is 13.8 Å². The largest absolute Gasteiger partial charge is 0.329 e. The zero-order chi connectivity index (χ0) is 16.8. The molecule has 1 fully saturated rings. The monoisotopic (exact) mass is 330 g/mol. The molecule has 0 saturated heterocycles. The lowest BCUT2D eigenvalue weighted by atomic mass is 10.1. The molecule has 0 bridgehead atoms. The minimum absolute atomic E-state index is 0.140. The zero-order valence-electron chi connectivity index (χ0n) is 13.4. The molecule has 2 aromatic carbocycles. The van der Waals surface area contributed by atoms with Crippen LogP contribution in [0.25, 0.3) is 0 Å². The number of nitrogens with two attached hydrogens (primary N) is 2. The van der Waals surface area contributed by atoms with Crippen LogP contribution in [0.15, 0.2) is 53.4 Å². The summed E-state index contributed by atoms with van der Waals surface area (Å²) in [5.74, 6) is -0.264. The molecule has 1 saturated carbocycles. The minimum Gasteiger partial charge on any atom is -0.329 e. The van der Waals surface area contributed by atoms with Crippen LogP contribution >= 0.6 is 0 Å². The summed E-state index contributed by atoms with van der Waals surface area (Å²) >= 11 is 0. The number of benzene rings is 2. The maximum absolute atomic E-state index is 13.0. The van der Waals surface area contributed by atoms with Crippen molar-refractivity contribution in [3.63, 3.8) is 0 Å². The Kier molecular flexibility index (Phi) is 3.83. The van der Waals surface area contributed by atoms with Gasteiger partial charge in [0.05, 0.1) is 15.7 Å². The molecule has 3 rings (SSSR count). The predicted octanol–water partition coefficient (Wildman–Crippen LogP) is 1.90. The first-order valence-corrected chi connectivity index (χ1v) is 9.21. The molecule has 1 aliphatic rings. The fourth-order valence-electron chi connectivity index (χ4n) is 3.27. The van der Waals surface area contributed by atoms with Crippen molar-refractivity contribution in [1.29, 1.82) is 0 Å². The summed E-state index contributed by atoms with van der Waals surface area (Å²) in [6.07, 6.45) is 0. The van der Waals surface area contributed by atoms with Crippen LogP contribution in [0.4, 0.5) is 0 Å². The van der Waals surface area contributed by atoms with E-state index in [9.17, 15) is 8.42 Å². The normalized spacial score (nSPS) is 27.0. The summed E-state index contributed by atoms with van der Waals surface area (Å²) in [4.78, 5) is 0.311. The van der Waals surface area contributed by atoms with Gasteiger partial charge in [-0.1, -0.05) is 47.5 Å². The molecule has 0 amide bonds. The third-order valence-corrected chi connectivity index (χ3v) is 7.09. The van der Waals surface area contributed by atoms with Gasteiger partial charge < -0.3 is 11.5 Å². The third-order valence-electron chi connectivity index (χ3n) is 4.78. The molecule has 23 heavy (non-hydrogen) atoms. The molecule has 0 radical (unpaired) electrons. The highest BCUT2D eigenvalue weighted by Gasteiger charge is 2.68. The van der Waals surface area contributed by atoms with Crippen LogP contribution in [0.1, 0.15) is 22.6 Å². The molecular weight excluding hydrogens is 308 g/mol. The van der Waals surface area contributed by atoms with Crippen molar-refractivity contribution in [2.45, 2.75) is 35.4 Å². The SMILES string of the molecule is Cc1ccc([C@H]2[C@H](S(=O)(=O)c3ccc(C)cc3)[C@@]2(N)CN)cc1. The topological polar surface area (TPSA) is 86.2 Å². The molecular formula is C18H22N2O2S. The molecule has 5 heteroatoms. The van der Waals surface area contributed by atoms with E-state index in [1.54, 1.807) is 24.3 Å². The van der Waals surface area contributed by atoms with Crippen molar-refractivity contribution in [2.75, 3.05) is 6.54 Å². The Morgan fingerprint density at radius 2 is 1.43 bits per heavy atom. The maximum Gasteiger partial charge on any atom is 0.183 e. The van der Waals surface area contributed by atoms with Gasteiger partial charge >= 0.3 is 0 Å². The van der Waals surface area contributed by atoms with Gasteiger partial charge in [0, 0.05) is 12.5 Å². The van der Waals surface area contributed by atoms with E-state index in [0.717, 1.165) is 16.7 Å². The Balaban J connectivity index is 2.01. The summed E-state index contributed by atoms with van der Waals surface area (Å²) in [5, 5.41) is -0.676. The molecule has 122 valence electrons. The van der Waals surface area contributed by atoms with Crippen LogP contribution in [0.2, 0.25) is 0 Å². The molecule has 0 aliphatic heterocycles. The summed E-state index contributed by atoms with van der Waals surface area (Å²) in [6.45, 7) is 4.06. The summed E-state index contributed by atoms with van der Waals surface area (Å²) in [5.41, 5.74) is 14.4. The van der Waals surface area contributed by atoms with E-state index in [1.807, 2.05) is 38.1 Å². The first kappa shape index (κ1) is 16.2. The van der Waals surface area contributed by atoms with E-state index >= 15 is 0 Å². The average Bonchev–Trinajstić information content (AvgIpc) is 3.16. The van der Waals surface area contributed by atoms with Crippen LogP contribution < -0.4 is 11.5 Å². The molecule has 0 spiro atoms. The van der Waals surface area contributed by atoms with E-state index in [0.29, 0.717) is 4.90 Å². The van der Waals surface area contributed by atoms with Crippen LogP contribution in [0.3, 0.4) is 0 Å². The van der Waals surface area contributed by atoms with E-state index in [1.165, 1.54) is 0 Å². The quantitative estimate of drug-likeness (QED) is 0.896. The van der Waals surface area contributed by atoms with E-state index in [-0.39, 0.29) is 12.5 Å². The molecule has 0 heterocycles. The lowest BCUT2D eigenvalue weighted by Gasteiger charge is -2.09. The Morgan fingerprint density at radius 1 is 0.957 bits per heavy atom. The van der Waals surface area contributed by atoms with E-state index in [2.05, 4.69) is 0 Å². The highest BCUT2D eigenvalue weighted by atomic mass is 32.2. The van der Waals surface area contributed by atoms with Crippen molar-refractivity contribution in [3.05, 3.63) is 65.2 Å². The van der Waals surface area contributed by atoms with Crippen molar-refractivity contribution >= 4 is 9.84 Å². The number of sulfone groups is 1. The standard InChI is InChI=1S/C18H22N2O2S/c1-12-3-7-14(8-4-12)16-17(18(16,20)11-19)23(21,22)15-9-5-13(2)6-10-15/h3-10,16-17H,11,19-20H2,1-2H3/t16-,17-,18+/m0/s1. The second kappa shape index (κ2) is 5.44. The van der Waals surface area contributed by atoms with Gasteiger partial charge in [-0.3, -0.25) is 0 Å². The van der Waals surface area contributed by atoms with Crippen LogP contribution in [-0.2, 0) is 9.84 Å². The Labute approximate surface area is 137 Å². The van der Waals surface area contributed by atoms with E-state index < -0.39 is 20.6 Å². The van der Waals surface area contributed by atoms with Gasteiger partial charge in [0.15, 0.2) is 9.84 Å². The fourth-order valence-corrected chi connectivity index (χ4v) is 5.59. The van der Waals surface area contributed by atoms with Crippen molar-refractivity contribution in [2.24, 2.45) is 11.5 Å². The van der Waals surface area contributed by atoms with E-state index in [4.69, 9.17) is 11.5 Å². The predicted molar refractivity (Wildman–Crippen MR) is 92.0 cm³/mol. The van der Waals surface area contributed by atoms with Gasteiger partial charge in [0.1, 0.15) is 0 Å². The van der Waals surface area contributed by atoms with Crippen LogP contribution in [-0.4, -0.2) is 25.8 Å². The smallest absolute Gasteiger partial charge is 0.183 e. The average molecular weight is 330 g/mol. The van der Waals surface area contributed by atoms with Gasteiger partial charge in [-0.05, 0) is 31.5 Å². The first-order chi connectivity index (χ1) is 10.8. The summed E-state index contributed by atoms with van der Waals surface area (Å²) < 4.78 is 26.0. The molecule has 0 aromatic heterocycles. The second-order valence-corrected chi connectivity index (χ2v) is 8.55. The van der Waals surface area contributed by atoms with Gasteiger partial charge in [-0.15, -0.1) is 0 Å². The Morgan fingerprint density at radius 3 is 1.91 bits per heavy atom. The lowest BCUT2D eigenvalue weighted by Crippen LogP contribution is -2.39. The lowest BCUT2D eigenvalue weighted by molar-refractivity contribution is 0.586. The molecule has 4 N–H and O–H groups in total. The van der Waals surface area contributed by atoms with Gasteiger partial charge in [0.2, 0.25) is 0 Å². The third kappa shape index (κ3) is 2.59. The number of hydrogen-bond donors (Lipinski definition) is 2. The highest BCUT2D eigenvalue weighted by molar-refractivity contribution is 7.92. The Bertz CT molecular complexity index is 813. The second-order valence-electron chi connectivity index (χ2n) is 6.48. The molecule has 2 aromatic rings. The number of aryl methyl sites for hydroxylation is 2. The molecule has 4 nitrogen and oxygen atoms in total. The van der Waals surface area contributed by atoms with Gasteiger partial charge in [-0.25, -0.2) is 8.42 Å². The first-order valence-electron chi connectivity index (χ1n) is 7.67. The van der Waals surface area contributed by atoms with Crippen molar-refractivity contribution in [1.82, 2.24) is 0 Å². The summed E-state index contributed by atoms with van der Waals surface area (Å²) in [7, 11) is -3.51. The van der Waals surface area contributed by atoms with Gasteiger partial charge in [-0.2, -0.15) is 0 Å². The molecule has 3 atom stereocenters. The molecule has 0 unspecified atom stereocenters. The highest BCUT2D eigenvalue weighted by Crippen LogP contribution is 2.55. The minimum atomic E-state index is -3.51. The van der Waals surface area contributed by atoms with Crippen LogP contribution in [0.5, 0.6) is 0 Å². The van der Waals surface area contributed by atoms with Gasteiger partial charge in [0.25, 0.3) is 0 Å². The number of hydrogen-bond acceptors (Lipinski definition) is 4. The maximum atomic E-state index is 13.0. The zero-order valence-corrected chi connectivity index (χ0v) is 14.2.